The molecule has 0 aromatic carbocycles. The van der Waals surface area contributed by atoms with Gasteiger partial charge in [-0.15, -0.1) is 0 Å². The number of aromatic nitrogens is 2. The summed E-state index contributed by atoms with van der Waals surface area (Å²) < 4.78 is 2.05. The van der Waals surface area contributed by atoms with E-state index in [-0.39, 0.29) is 0 Å². The van der Waals surface area contributed by atoms with Gasteiger partial charge >= 0.3 is 0 Å². The first-order valence-electron chi connectivity index (χ1n) is 4.46. The van der Waals surface area contributed by atoms with Crippen LogP contribution in [0.25, 0.3) is 0 Å². The summed E-state index contributed by atoms with van der Waals surface area (Å²) in [7, 11) is 0. The lowest BCUT2D eigenvalue weighted by molar-refractivity contribution is 0.679. The zero-order valence-corrected chi connectivity index (χ0v) is 6.95. The van der Waals surface area contributed by atoms with Gasteiger partial charge in [0.05, 0.1) is 6.54 Å². The summed E-state index contributed by atoms with van der Waals surface area (Å²) in [6.45, 7) is 3.31. The van der Waals surface area contributed by atoms with Crippen molar-refractivity contribution in [2.24, 2.45) is 0 Å². The molecule has 2 aliphatic heterocycles. The molecule has 0 unspecified atom stereocenters. The molecule has 0 fully saturated rings. The quantitative estimate of drug-likeness (QED) is 0.597. The van der Waals surface area contributed by atoms with Crippen LogP contribution < -0.4 is 10.6 Å². The van der Waals surface area contributed by atoms with E-state index in [0.717, 1.165) is 25.3 Å². The predicted molar refractivity (Wildman–Crippen MR) is 47.2 cm³/mol. The molecule has 0 atom stereocenters. The maximum Gasteiger partial charge on any atom is 0.150 e. The molecule has 1 aromatic heterocycles. The van der Waals surface area contributed by atoms with Crippen LogP contribution in [0.3, 0.4) is 0 Å². The van der Waals surface area contributed by atoms with E-state index in [0.29, 0.717) is 0 Å². The van der Waals surface area contributed by atoms with E-state index in [1.165, 1.54) is 24.3 Å². The lowest BCUT2D eigenvalue weighted by Gasteiger charge is -2.23. The van der Waals surface area contributed by atoms with Crippen LogP contribution in [0.1, 0.15) is 12.0 Å². The molecule has 3 rings (SSSR count). The summed E-state index contributed by atoms with van der Waals surface area (Å²) in [5, 5.41) is 4.31. The van der Waals surface area contributed by atoms with E-state index in [1.807, 2.05) is 4.68 Å². The van der Waals surface area contributed by atoms with Gasteiger partial charge in [-0.3, -0.25) is 0 Å². The van der Waals surface area contributed by atoms with Gasteiger partial charge in [-0.1, -0.05) is 0 Å². The Morgan fingerprint density at radius 1 is 1.25 bits per heavy atom. The Balaban J connectivity index is 2.24. The van der Waals surface area contributed by atoms with E-state index >= 15 is 0 Å². The van der Waals surface area contributed by atoms with Crippen molar-refractivity contribution in [3.63, 3.8) is 0 Å². The second-order valence-electron chi connectivity index (χ2n) is 3.50. The molecule has 4 heteroatoms. The summed E-state index contributed by atoms with van der Waals surface area (Å²) in [6.07, 6.45) is 2.33. The summed E-state index contributed by atoms with van der Waals surface area (Å²) in [6, 6.07) is 0. The third-order valence-corrected chi connectivity index (χ3v) is 2.79. The first kappa shape index (κ1) is 6.34. The normalized spacial score (nSPS) is 19.8. The van der Waals surface area contributed by atoms with Gasteiger partial charge in [0.15, 0.2) is 5.82 Å². The number of anilines is 2. The highest BCUT2D eigenvalue weighted by Gasteiger charge is 2.29. The van der Waals surface area contributed by atoms with Crippen LogP contribution in [-0.2, 0) is 13.0 Å². The highest BCUT2D eigenvalue weighted by atomic mass is 15.4. The van der Waals surface area contributed by atoms with Crippen LogP contribution in [0.2, 0.25) is 0 Å². The zero-order valence-electron chi connectivity index (χ0n) is 6.95. The Labute approximate surface area is 71.0 Å². The van der Waals surface area contributed by atoms with Crippen LogP contribution in [-0.4, -0.2) is 22.9 Å². The van der Waals surface area contributed by atoms with Gasteiger partial charge in [0, 0.05) is 18.7 Å². The highest BCUT2D eigenvalue weighted by molar-refractivity contribution is 5.61. The highest BCUT2D eigenvalue weighted by Crippen LogP contribution is 2.34. The van der Waals surface area contributed by atoms with E-state index in [9.17, 15) is 0 Å². The summed E-state index contributed by atoms with van der Waals surface area (Å²) in [5.74, 6) is 2.04. The molecule has 1 aromatic rings. The van der Waals surface area contributed by atoms with Crippen LogP contribution in [0.4, 0.5) is 11.6 Å². The minimum absolute atomic E-state index is 0.745. The molecule has 0 spiro atoms. The maximum atomic E-state index is 5.80. The van der Waals surface area contributed by atoms with Crippen molar-refractivity contribution in [2.75, 3.05) is 23.7 Å². The number of nitrogens with zero attached hydrogens (tertiary/aromatic N) is 3. The lowest BCUT2D eigenvalue weighted by atomic mass is 10.1. The fourth-order valence-corrected chi connectivity index (χ4v) is 2.24. The van der Waals surface area contributed by atoms with Crippen LogP contribution in [0, 0.1) is 0 Å². The van der Waals surface area contributed by atoms with Gasteiger partial charge in [0.1, 0.15) is 5.82 Å². The number of hydrogen-bond acceptors (Lipinski definition) is 3. The molecule has 0 amide bonds. The van der Waals surface area contributed by atoms with E-state index in [2.05, 4.69) is 10.00 Å². The number of nitrogen functional groups attached to an aromatic ring is 1. The first-order valence-corrected chi connectivity index (χ1v) is 4.46. The Kier molecular flexibility index (Phi) is 1.03. The minimum Gasteiger partial charge on any atom is -0.382 e. The van der Waals surface area contributed by atoms with Crippen molar-refractivity contribution in [3.05, 3.63) is 5.56 Å². The van der Waals surface area contributed by atoms with Crippen molar-refractivity contribution >= 4 is 11.6 Å². The SMILES string of the molecule is Nc1nn2c3c1CCCN3CC2. The third-order valence-electron chi connectivity index (χ3n) is 2.79. The Morgan fingerprint density at radius 3 is 3.08 bits per heavy atom. The van der Waals surface area contributed by atoms with Crippen molar-refractivity contribution < 1.29 is 0 Å². The van der Waals surface area contributed by atoms with Crippen LogP contribution in [0.15, 0.2) is 0 Å². The summed E-state index contributed by atoms with van der Waals surface area (Å²) >= 11 is 0. The van der Waals surface area contributed by atoms with Gasteiger partial charge in [-0.05, 0) is 12.8 Å². The van der Waals surface area contributed by atoms with Crippen LogP contribution >= 0.6 is 0 Å². The van der Waals surface area contributed by atoms with Gasteiger partial charge in [0.25, 0.3) is 0 Å². The molecule has 2 N–H and O–H groups in total. The van der Waals surface area contributed by atoms with Crippen LogP contribution in [0.5, 0.6) is 0 Å². The van der Waals surface area contributed by atoms with E-state index < -0.39 is 0 Å². The second-order valence-corrected chi connectivity index (χ2v) is 3.50. The fraction of sp³-hybridized carbons (Fsp3) is 0.625. The molecule has 64 valence electrons. The van der Waals surface area contributed by atoms with Gasteiger partial charge < -0.3 is 10.6 Å². The molecule has 3 heterocycles. The summed E-state index contributed by atoms with van der Waals surface area (Å²) in [5.41, 5.74) is 7.08. The summed E-state index contributed by atoms with van der Waals surface area (Å²) in [4.78, 5) is 2.39. The number of hydrogen-bond donors (Lipinski definition) is 1. The molecule has 4 nitrogen and oxygen atoms in total. The topological polar surface area (TPSA) is 47.1 Å². The molecule has 12 heavy (non-hydrogen) atoms. The monoisotopic (exact) mass is 164 g/mol. The molecule has 0 saturated carbocycles. The molecule has 2 aliphatic rings. The van der Waals surface area contributed by atoms with Crippen molar-refractivity contribution in [1.82, 2.24) is 9.78 Å². The maximum absolute atomic E-state index is 5.80. The molecular formula is C8H12N4. The van der Waals surface area contributed by atoms with Crippen molar-refractivity contribution in [3.8, 4) is 0 Å². The average molecular weight is 164 g/mol. The predicted octanol–water partition coefficient (Wildman–Crippen LogP) is 0.231. The molecule has 0 aliphatic carbocycles. The number of rotatable bonds is 0. The van der Waals surface area contributed by atoms with E-state index in [1.54, 1.807) is 0 Å². The molecular weight excluding hydrogens is 152 g/mol. The Bertz CT molecular complexity index is 328. The molecule has 0 saturated heterocycles. The first-order chi connectivity index (χ1) is 5.86. The Morgan fingerprint density at radius 2 is 2.17 bits per heavy atom. The third kappa shape index (κ3) is 0.605. The molecule has 0 bridgehead atoms. The fourth-order valence-electron chi connectivity index (χ4n) is 2.24. The molecule has 0 radical (unpaired) electrons. The largest absolute Gasteiger partial charge is 0.382 e. The lowest BCUT2D eigenvalue weighted by Crippen LogP contribution is -2.26. The zero-order chi connectivity index (χ0) is 8.13. The smallest absolute Gasteiger partial charge is 0.150 e. The van der Waals surface area contributed by atoms with E-state index in [4.69, 9.17) is 5.73 Å². The standard InChI is InChI=1S/C8H12N4/c9-7-6-2-1-3-11-4-5-12(10-7)8(6)11/h1-5H2,(H2,9,10). The van der Waals surface area contributed by atoms with Gasteiger partial charge in [0.2, 0.25) is 0 Å². The number of nitrogens with two attached hydrogens (primary N) is 1. The van der Waals surface area contributed by atoms with Crippen molar-refractivity contribution in [1.29, 1.82) is 0 Å². The minimum atomic E-state index is 0.745. The van der Waals surface area contributed by atoms with Gasteiger partial charge in [-0.25, -0.2) is 4.68 Å². The van der Waals surface area contributed by atoms with Crippen molar-refractivity contribution in [2.45, 2.75) is 19.4 Å². The Hall–Kier alpha value is -1.19. The second kappa shape index (κ2) is 1.94. The average Bonchev–Trinajstić information content (AvgIpc) is 2.61. The van der Waals surface area contributed by atoms with Gasteiger partial charge in [-0.2, -0.15) is 5.10 Å².